The Kier molecular flexibility index (Phi) is 6.42. The monoisotopic (exact) mass is 423 g/mol. The minimum atomic E-state index is -3.69. The summed E-state index contributed by atoms with van der Waals surface area (Å²) in [6.45, 7) is 4.07. The van der Waals surface area contributed by atoms with Crippen molar-refractivity contribution in [3.8, 4) is 5.75 Å². The first-order valence-corrected chi connectivity index (χ1v) is 11.0. The highest BCUT2D eigenvalue weighted by atomic mass is 32.2. The lowest BCUT2D eigenvalue weighted by atomic mass is 10.1. The lowest BCUT2D eigenvalue weighted by Crippen LogP contribution is -2.14. The van der Waals surface area contributed by atoms with Crippen LogP contribution in [0.2, 0.25) is 0 Å². The number of rotatable bonds is 8. The molecule has 0 aromatic heterocycles. The molecule has 6 nitrogen and oxygen atoms in total. The van der Waals surface area contributed by atoms with Crippen molar-refractivity contribution in [2.24, 2.45) is 5.73 Å². The molecule has 0 bridgehead atoms. The van der Waals surface area contributed by atoms with Crippen molar-refractivity contribution in [1.82, 2.24) is 0 Å². The fraction of sp³-hybridized carbons (Fsp3) is 0.174. The minimum Gasteiger partial charge on any atom is -0.493 e. The van der Waals surface area contributed by atoms with Crippen LogP contribution >= 0.6 is 0 Å². The molecule has 156 valence electrons. The fourth-order valence-electron chi connectivity index (χ4n) is 2.99. The summed E-state index contributed by atoms with van der Waals surface area (Å²) in [6.07, 6.45) is 0.677. The second-order valence-corrected chi connectivity index (χ2v) is 8.76. The van der Waals surface area contributed by atoms with E-state index in [1.165, 1.54) is 0 Å². The number of nitrogen functional groups attached to an aromatic ring is 1. The summed E-state index contributed by atoms with van der Waals surface area (Å²) in [5, 5.41) is 7.42. The topological polar surface area (TPSA) is 105 Å². The molecule has 0 unspecified atom stereocenters. The molecule has 0 heterocycles. The predicted octanol–water partition coefficient (Wildman–Crippen LogP) is 4.01. The number of nitrogens with one attached hydrogen (secondary N) is 2. The van der Waals surface area contributed by atoms with Crippen LogP contribution in [0.3, 0.4) is 0 Å². The highest BCUT2D eigenvalue weighted by Crippen LogP contribution is 2.23. The molecule has 3 rings (SSSR count). The van der Waals surface area contributed by atoms with Crippen molar-refractivity contribution in [3.05, 3.63) is 89.0 Å². The van der Waals surface area contributed by atoms with Gasteiger partial charge in [-0.05, 0) is 48.7 Å². The van der Waals surface area contributed by atoms with Crippen LogP contribution in [-0.4, -0.2) is 20.9 Å². The quantitative estimate of drug-likeness (QED) is 0.376. The van der Waals surface area contributed by atoms with Crippen LogP contribution in [-0.2, 0) is 16.4 Å². The van der Waals surface area contributed by atoms with Gasteiger partial charge in [-0.3, -0.25) is 10.1 Å². The molecule has 30 heavy (non-hydrogen) atoms. The van der Waals surface area contributed by atoms with Crippen LogP contribution in [0.5, 0.6) is 5.75 Å². The van der Waals surface area contributed by atoms with Gasteiger partial charge in [-0.1, -0.05) is 42.5 Å². The van der Waals surface area contributed by atoms with E-state index in [-0.39, 0.29) is 10.7 Å². The number of sulfonamides is 1. The van der Waals surface area contributed by atoms with Crippen LogP contribution < -0.4 is 15.2 Å². The van der Waals surface area contributed by atoms with Crippen molar-refractivity contribution in [2.45, 2.75) is 25.2 Å². The summed E-state index contributed by atoms with van der Waals surface area (Å²) in [6, 6.07) is 19.7. The Morgan fingerprint density at radius 2 is 1.77 bits per heavy atom. The van der Waals surface area contributed by atoms with Gasteiger partial charge in [0.05, 0.1) is 17.2 Å². The van der Waals surface area contributed by atoms with Crippen molar-refractivity contribution in [3.63, 3.8) is 0 Å². The summed E-state index contributed by atoms with van der Waals surface area (Å²) in [5.74, 6) is 0.620. The van der Waals surface area contributed by atoms with Crippen LogP contribution in [0.15, 0.2) is 71.6 Å². The van der Waals surface area contributed by atoms with E-state index in [2.05, 4.69) is 4.72 Å². The molecule has 7 heteroatoms. The van der Waals surface area contributed by atoms with E-state index in [9.17, 15) is 8.42 Å². The predicted molar refractivity (Wildman–Crippen MR) is 120 cm³/mol. The van der Waals surface area contributed by atoms with Crippen molar-refractivity contribution in [1.29, 1.82) is 5.41 Å². The molecule has 0 fully saturated rings. The SMILES string of the molecule is Cc1ccc(C)c(S(=O)(=O)Nc2cccc(OCCc3ccc(C(=N)N)cc3)c2)c1. The zero-order chi connectivity index (χ0) is 21.7. The van der Waals surface area contributed by atoms with Gasteiger partial charge in [-0.15, -0.1) is 0 Å². The first-order valence-electron chi connectivity index (χ1n) is 9.51. The van der Waals surface area contributed by atoms with Crippen molar-refractivity contribution >= 4 is 21.5 Å². The van der Waals surface area contributed by atoms with E-state index in [0.29, 0.717) is 35.6 Å². The Balaban J connectivity index is 1.64. The molecule has 0 radical (unpaired) electrons. The summed E-state index contributed by atoms with van der Waals surface area (Å²) in [7, 11) is -3.69. The number of anilines is 1. The van der Waals surface area contributed by atoms with Gasteiger partial charge in [-0.25, -0.2) is 8.42 Å². The third-order valence-corrected chi connectivity index (χ3v) is 6.17. The van der Waals surface area contributed by atoms with Gasteiger partial charge in [0.15, 0.2) is 0 Å². The lowest BCUT2D eigenvalue weighted by Gasteiger charge is -2.13. The van der Waals surface area contributed by atoms with E-state index in [0.717, 1.165) is 11.1 Å². The van der Waals surface area contributed by atoms with Gasteiger partial charge >= 0.3 is 0 Å². The highest BCUT2D eigenvalue weighted by Gasteiger charge is 2.17. The highest BCUT2D eigenvalue weighted by molar-refractivity contribution is 7.92. The van der Waals surface area contributed by atoms with Gasteiger partial charge in [0.2, 0.25) is 0 Å². The number of hydrogen-bond acceptors (Lipinski definition) is 4. The zero-order valence-corrected chi connectivity index (χ0v) is 17.8. The molecular weight excluding hydrogens is 398 g/mol. The second-order valence-electron chi connectivity index (χ2n) is 7.11. The van der Waals surface area contributed by atoms with Crippen LogP contribution in [0.25, 0.3) is 0 Å². The summed E-state index contributed by atoms with van der Waals surface area (Å²) in [5.41, 5.74) is 9.22. The van der Waals surface area contributed by atoms with E-state index >= 15 is 0 Å². The lowest BCUT2D eigenvalue weighted by molar-refractivity contribution is 0.322. The van der Waals surface area contributed by atoms with Gasteiger partial charge in [0.1, 0.15) is 11.6 Å². The zero-order valence-electron chi connectivity index (χ0n) is 17.0. The first-order chi connectivity index (χ1) is 14.2. The Hall–Kier alpha value is -3.32. The number of hydrogen-bond donors (Lipinski definition) is 3. The van der Waals surface area contributed by atoms with Gasteiger partial charge in [0, 0.05) is 18.1 Å². The van der Waals surface area contributed by atoms with Crippen LogP contribution in [0, 0.1) is 19.3 Å². The third-order valence-electron chi connectivity index (χ3n) is 4.64. The number of ether oxygens (including phenoxy) is 1. The summed E-state index contributed by atoms with van der Waals surface area (Å²) >= 11 is 0. The molecule has 0 aliphatic heterocycles. The smallest absolute Gasteiger partial charge is 0.262 e. The Labute approximate surface area is 177 Å². The molecule has 3 aromatic rings. The Morgan fingerprint density at radius 3 is 2.47 bits per heavy atom. The Morgan fingerprint density at radius 1 is 1.03 bits per heavy atom. The van der Waals surface area contributed by atoms with E-state index in [1.807, 2.05) is 25.1 Å². The van der Waals surface area contributed by atoms with Gasteiger partial charge in [-0.2, -0.15) is 0 Å². The second kappa shape index (κ2) is 9.00. The van der Waals surface area contributed by atoms with E-state index in [4.69, 9.17) is 15.9 Å². The number of amidine groups is 1. The molecule has 0 saturated carbocycles. The maximum absolute atomic E-state index is 12.8. The third kappa shape index (κ3) is 5.39. The standard InChI is InChI=1S/C23H25N3O3S/c1-16-6-7-17(2)22(14-16)30(27,28)26-20-4-3-5-21(15-20)29-13-12-18-8-10-19(11-9-18)23(24)25/h3-11,14-15,26H,12-13H2,1-2H3,(H3,24,25). The average Bonchev–Trinajstić information content (AvgIpc) is 2.70. The molecule has 4 N–H and O–H groups in total. The van der Waals surface area contributed by atoms with E-state index < -0.39 is 10.0 Å². The molecule has 3 aromatic carbocycles. The molecular formula is C23H25N3O3S. The molecule has 0 aliphatic rings. The van der Waals surface area contributed by atoms with Crippen LogP contribution in [0.4, 0.5) is 5.69 Å². The minimum absolute atomic E-state index is 0.0397. The number of benzene rings is 3. The van der Waals surface area contributed by atoms with Gasteiger partial charge in [0.25, 0.3) is 10.0 Å². The molecule has 0 amide bonds. The normalized spacial score (nSPS) is 11.1. The molecule has 0 aliphatic carbocycles. The average molecular weight is 424 g/mol. The molecule has 0 saturated heterocycles. The van der Waals surface area contributed by atoms with Gasteiger partial charge < -0.3 is 10.5 Å². The summed E-state index contributed by atoms with van der Waals surface area (Å²) in [4.78, 5) is 0.267. The maximum Gasteiger partial charge on any atom is 0.262 e. The van der Waals surface area contributed by atoms with Crippen molar-refractivity contribution < 1.29 is 13.2 Å². The Bertz CT molecular complexity index is 1160. The first kappa shape index (κ1) is 21.4. The van der Waals surface area contributed by atoms with E-state index in [1.54, 1.807) is 55.5 Å². The fourth-order valence-corrected chi connectivity index (χ4v) is 4.37. The largest absolute Gasteiger partial charge is 0.493 e. The summed E-state index contributed by atoms with van der Waals surface area (Å²) < 4.78 is 34.0. The maximum atomic E-state index is 12.8. The molecule has 0 spiro atoms. The molecule has 0 atom stereocenters. The van der Waals surface area contributed by atoms with Crippen LogP contribution in [0.1, 0.15) is 22.3 Å². The van der Waals surface area contributed by atoms with Crippen molar-refractivity contribution in [2.75, 3.05) is 11.3 Å². The number of aryl methyl sites for hydroxylation is 2. The number of nitrogens with two attached hydrogens (primary N) is 1.